The molecule has 0 aliphatic rings. The van der Waals surface area contributed by atoms with Crippen LogP contribution in [0.4, 0.5) is 5.69 Å². The van der Waals surface area contributed by atoms with Crippen LogP contribution in [-0.4, -0.2) is 0 Å². The third-order valence-corrected chi connectivity index (χ3v) is 3.12. The lowest BCUT2D eigenvalue weighted by Crippen LogP contribution is -2.08. The first-order valence-corrected chi connectivity index (χ1v) is 5.98. The average Bonchev–Trinajstić information content (AvgIpc) is 2.48. The van der Waals surface area contributed by atoms with Crippen LogP contribution in [0.1, 0.15) is 0 Å². The van der Waals surface area contributed by atoms with Gasteiger partial charge in [0.1, 0.15) is 11.8 Å². The fourth-order valence-corrected chi connectivity index (χ4v) is 2.09. The van der Waals surface area contributed by atoms with Gasteiger partial charge in [-0.15, -0.1) is 0 Å². The second kappa shape index (κ2) is 4.71. The van der Waals surface area contributed by atoms with Gasteiger partial charge in [0, 0.05) is 6.07 Å². The quantitative estimate of drug-likeness (QED) is 0.549. The zero-order valence-corrected chi connectivity index (χ0v) is 10.5. The molecule has 5 nitrogen and oxygen atoms in total. The fraction of sp³-hybridized carbons (Fsp3) is 0. The van der Waals surface area contributed by atoms with Crippen molar-refractivity contribution in [3.8, 4) is 16.9 Å². The van der Waals surface area contributed by atoms with Crippen molar-refractivity contribution in [1.82, 2.24) is 0 Å². The van der Waals surface area contributed by atoms with Crippen LogP contribution in [0.3, 0.4) is 0 Å². The summed E-state index contributed by atoms with van der Waals surface area (Å²) in [6, 6.07) is 12.3. The summed E-state index contributed by atoms with van der Waals surface area (Å²) in [6.45, 7) is 0. The molecule has 0 aliphatic heterocycles. The van der Waals surface area contributed by atoms with E-state index < -0.39 is 0 Å². The van der Waals surface area contributed by atoms with E-state index in [0.29, 0.717) is 16.5 Å². The lowest BCUT2D eigenvalue weighted by atomic mass is 10.1. The summed E-state index contributed by atoms with van der Waals surface area (Å²) in [4.78, 5) is 17.1. The Bertz CT molecular complexity index is 826. The number of hydrogen-bond acceptors (Lipinski definition) is 5. The van der Waals surface area contributed by atoms with Gasteiger partial charge in [0.05, 0.1) is 16.6 Å². The van der Waals surface area contributed by atoms with Crippen LogP contribution < -0.4 is 21.9 Å². The van der Waals surface area contributed by atoms with Crippen molar-refractivity contribution in [2.24, 2.45) is 5.90 Å². The molecule has 0 amide bonds. The Morgan fingerprint density at radius 2 is 1.85 bits per heavy atom. The molecular formula is C15H12N2O3. The third kappa shape index (κ3) is 1.90. The topological polar surface area (TPSA) is 91.5 Å². The maximum Gasteiger partial charge on any atom is 0.200 e. The summed E-state index contributed by atoms with van der Waals surface area (Å²) < 4.78 is 5.48. The molecule has 0 unspecified atom stereocenters. The number of rotatable bonds is 2. The monoisotopic (exact) mass is 268 g/mol. The van der Waals surface area contributed by atoms with Gasteiger partial charge >= 0.3 is 0 Å². The van der Waals surface area contributed by atoms with Crippen molar-refractivity contribution < 1.29 is 9.25 Å². The first-order chi connectivity index (χ1) is 9.70. The van der Waals surface area contributed by atoms with Gasteiger partial charge in [-0.3, -0.25) is 4.79 Å². The SMILES string of the molecule is NOc1cc2occ(-c3ccccc3)c(=O)c2cc1N. The van der Waals surface area contributed by atoms with Gasteiger partial charge in [0.15, 0.2) is 5.75 Å². The Morgan fingerprint density at radius 3 is 2.55 bits per heavy atom. The molecule has 1 aromatic heterocycles. The second-order valence-corrected chi connectivity index (χ2v) is 4.35. The molecule has 2 aromatic carbocycles. The number of nitrogen functional groups attached to an aromatic ring is 1. The lowest BCUT2D eigenvalue weighted by molar-refractivity contribution is 0.336. The predicted octanol–water partition coefficient (Wildman–Crippen LogP) is 2.29. The van der Waals surface area contributed by atoms with E-state index in [1.807, 2.05) is 30.3 Å². The molecule has 0 spiro atoms. The van der Waals surface area contributed by atoms with Crippen molar-refractivity contribution >= 4 is 16.7 Å². The molecule has 4 N–H and O–H groups in total. The Balaban J connectivity index is 2.29. The summed E-state index contributed by atoms with van der Waals surface area (Å²) in [5.74, 6) is 5.37. The molecular weight excluding hydrogens is 256 g/mol. The normalized spacial score (nSPS) is 10.7. The van der Waals surface area contributed by atoms with E-state index in [1.165, 1.54) is 18.4 Å². The van der Waals surface area contributed by atoms with Gasteiger partial charge in [0.2, 0.25) is 5.43 Å². The number of benzene rings is 2. The van der Waals surface area contributed by atoms with Crippen molar-refractivity contribution in [2.75, 3.05) is 5.73 Å². The molecule has 0 aliphatic carbocycles. The smallest absolute Gasteiger partial charge is 0.200 e. The molecule has 0 radical (unpaired) electrons. The van der Waals surface area contributed by atoms with E-state index in [1.54, 1.807) is 0 Å². The summed E-state index contributed by atoms with van der Waals surface area (Å²) in [7, 11) is 0. The highest BCUT2D eigenvalue weighted by molar-refractivity contribution is 5.86. The molecule has 3 rings (SSSR count). The highest BCUT2D eigenvalue weighted by Gasteiger charge is 2.12. The Labute approximate surface area is 114 Å². The number of anilines is 1. The zero-order valence-electron chi connectivity index (χ0n) is 10.5. The maximum absolute atomic E-state index is 12.5. The third-order valence-electron chi connectivity index (χ3n) is 3.12. The summed E-state index contributed by atoms with van der Waals surface area (Å²) >= 11 is 0. The van der Waals surface area contributed by atoms with Crippen LogP contribution in [0.15, 0.2) is 57.9 Å². The van der Waals surface area contributed by atoms with E-state index in [-0.39, 0.29) is 16.9 Å². The van der Waals surface area contributed by atoms with Gasteiger partial charge in [0.25, 0.3) is 0 Å². The minimum absolute atomic E-state index is 0.146. The van der Waals surface area contributed by atoms with Crippen LogP contribution in [0.25, 0.3) is 22.1 Å². The molecule has 0 saturated heterocycles. The molecule has 20 heavy (non-hydrogen) atoms. The molecule has 0 fully saturated rings. The van der Waals surface area contributed by atoms with Gasteiger partial charge in [-0.25, -0.2) is 0 Å². The van der Waals surface area contributed by atoms with E-state index in [4.69, 9.17) is 16.0 Å². The first-order valence-electron chi connectivity index (χ1n) is 5.98. The molecule has 5 heteroatoms. The zero-order chi connectivity index (χ0) is 14.1. The van der Waals surface area contributed by atoms with Gasteiger partial charge in [-0.2, -0.15) is 5.90 Å². The molecule has 0 saturated carbocycles. The predicted molar refractivity (Wildman–Crippen MR) is 77.1 cm³/mol. The van der Waals surface area contributed by atoms with Crippen molar-refractivity contribution in [1.29, 1.82) is 0 Å². The van der Waals surface area contributed by atoms with Crippen LogP contribution in [0, 0.1) is 0 Å². The highest BCUT2D eigenvalue weighted by atomic mass is 16.6. The number of nitrogens with two attached hydrogens (primary N) is 2. The van der Waals surface area contributed by atoms with Crippen LogP contribution in [0.2, 0.25) is 0 Å². The molecule has 3 aromatic rings. The average molecular weight is 268 g/mol. The Kier molecular flexibility index (Phi) is 2.89. The van der Waals surface area contributed by atoms with Crippen molar-refractivity contribution in [3.63, 3.8) is 0 Å². The van der Waals surface area contributed by atoms with Crippen LogP contribution in [-0.2, 0) is 0 Å². The summed E-state index contributed by atoms with van der Waals surface area (Å²) in [5.41, 5.74) is 7.57. The van der Waals surface area contributed by atoms with Crippen LogP contribution in [0.5, 0.6) is 5.75 Å². The standard InChI is InChI=1S/C15H12N2O3/c16-12-6-10-13(7-14(12)20-17)19-8-11(15(10)18)9-4-2-1-3-5-9/h1-8H,16-17H2. The van der Waals surface area contributed by atoms with Crippen molar-refractivity contribution in [2.45, 2.75) is 0 Å². The van der Waals surface area contributed by atoms with Crippen LogP contribution >= 0.6 is 0 Å². The molecule has 1 heterocycles. The van der Waals surface area contributed by atoms with E-state index in [9.17, 15) is 4.79 Å². The molecule has 0 atom stereocenters. The number of hydrogen-bond donors (Lipinski definition) is 2. The minimum Gasteiger partial charge on any atom is -0.463 e. The van der Waals surface area contributed by atoms with E-state index in [0.717, 1.165) is 5.56 Å². The Morgan fingerprint density at radius 1 is 1.10 bits per heavy atom. The largest absolute Gasteiger partial charge is 0.463 e. The van der Waals surface area contributed by atoms with E-state index >= 15 is 0 Å². The van der Waals surface area contributed by atoms with Gasteiger partial charge in [-0.1, -0.05) is 30.3 Å². The van der Waals surface area contributed by atoms with Crippen molar-refractivity contribution in [3.05, 3.63) is 59.0 Å². The Hall–Kier alpha value is -2.79. The minimum atomic E-state index is -0.146. The highest BCUT2D eigenvalue weighted by Crippen LogP contribution is 2.27. The summed E-state index contributed by atoms with van der Waals surface area (Å²) in [6.07, 6.45) is 1.43. The van der Waals surface area contributed by atoms with Gasteiger partial charge in [-0.05, 0) is 11.6 Å². The summed E-state index contributed by atoms with van der Waals surface area (Å²) in [5, 5.41) is 0.393. The fourth-order valence-electron chi connectivity index (χ4n) is 2.09. The molecule has 100 valence electrons. The first kappa shape index (κ1) is 12.3. The maximum atomic E-state index is 12.5. The lowest BCUT2D eigenvalue weighted by Gasteiger charge is -2.06. The van der Waals surface area contributed by atoms with E-state index in [2.05, 4.69) is 4.84 Å². The molecule has 0 bridgehead atoms. The van der Waals surface area contributed by atoms with Gasteiger partial charge < -0.3 is 15.0 Å². The second-order valence-electron chi connectivity index (χ2n) is 4.35. The number of fused-ring (bicyclic) bond motifs is 1.